The highest BCUT2D eigenvalue weighted by molar-refractivity contribution is 5.91. The molecule has 0 radical (unpaired) electrons. The number of hydrogen-bond donors (Lipinski definition) is 2. The number of nitrogens with one attached hydrogen (secondary N) is 1. The van der Waals surface area contributed by atoms with Crippen LogP contribution in [-0.4, -0.2) is 26.7 Å². The van der Waals surface area contributed by atoms with Gasteiger partial charge in [0.05, 0.1) is 0 Å². The molecular weight excluding hydrogens is 273 g/mol. The molecule has 0 spiro atoms. The van der Waals surface area contributed by atoms with Gasteiger partial charge in [0, 0.05) is 18.2 Å². The van der Waals surface area contributed by atoms with E-state index >= 15 is 0 Å². The van der Waals surface area contributed by atoms with E-state index in [-0.39, 0.29) is 30.0 Å². The minimum Gasteiger partial charge on any atom is -0.327 e. The predicted octanol–water partition coefficient (Wildman–Crippen LogP) is 1.72. The molecule has 0 saturated heterocycles. The molecule has 1 unspecified atom stereocenters. The van der Waals surface area contributed by atoms with Crippen LogP contribution < -0.4 is 11.1 Å². The number of hydrogen-bond acceptors (Lipinski definition) is 4. The Morgan fingerprint density at radius 2 is 2.24 bits per heavy atom. The molecule has 21 heavy (non-hydrogen) atoms. The Hall–Kier alpha value is -2.28. The van der Waals surface area contributed by atoms with E-state index in [0.29, 0.717) is 5.69 Å². The summed E-state index contributed by atoms with van der Waals surface area (Å²) in [6.07, 6.45) is 2.92. The number of carbonyl (C=O) groups is 1. The highest BCUT2D eigenvalue weighted by Crippen LogP contribution is 2.17. The second-order valence-electron chi connectivity index (χ2n) is 5.17. The SMILES string of the molecule is CC(C)C(N)CC(=O)Nc1ccc(-n2cncn2)c(F)c1. The fourth-order valence-electron chi connectivity index (χ4n) is 1.76. The number of benzene rings is 1. The summed E-state index contributed by atoms with van der Waals surface area (Å²) < 4.78 is 15.3. The summed E-state index contributed by atoms with van der Waals surface area (Å²) in [6.45, 7) is 3.90. The Morgan fingerprint density at radius 3 is 2.81 bits per heavy atom. The van der Waals surface area contributed by atoms with Crippen LogP contribution in [0, 0.1) is 11.7 Å². The van der Waals surface area contributed by atoms with Gasteiger partial charge in [-0.2, -0.15) is 5.10 Å². The number of carbonyl (C=O) groups excluding carboxylic acids is 1. The molecule has 112 valence electrons. The van der Waals surface area contributed by atoms with Crippen LogP contribution in [0.3, 0.4) is 0 Å². The van der Waals surface area contributed by atoms with E-state index in [4.69, 9.17) is 5.73 Å². The van der Waals surface area contributed by atoms with Crippen LogP contribution in [0.4, 0.5) is 10.1 Å². The van der Waals surface area contributed by atoms with Gasteiger partial charge in [0.1, 0.15) is 18.3 Å². The third-order valence-corrected chi connectivity index (χ3v) is 3.17. The number of nitrogens with zero attached hydrogens (tertiary/aromatic N) is 3. The summed E-state index contributed by atoms with van der Waals surface area (Å²) in [5, 5.41) is 6.50. The molecule has 6 nitrogen and oxygen atoms in total. The minimum atomic E-state index is -0.494. The van der Waals surface area contributed by atoms with Gasteiger partial charge in [-0.25, -0.2) is 14.1 Å². The lowest BCUT2D eigenvalue weighted by molar-refractivity contribution is -0.116. The number of rotatable bonds is 5. The van der Waals surface area contributed by atoms with Crippen LogP contribution in [0.2, 0.25) is 0 Å². The van der Waals surface area contributed by atoms with Crippen molar-refractivity contribution in [2.24, 2.45) is 11.7 Å². The van der Waals surface area contributed by atoms with Crippen molar-refractivity contribution in [3.05, 3.63) is 36.7 Å². The zero-order chi connectivity index (χ0) is 15.4. The quantitative estimate of drug-likeness (QED) is 0.878. The second-order valence-corrected chi connectivity index (χ2v) is 5.17. The molecule has 1 heterocycles. The maximum atomic E-state index is 14.0. The summed E-state index contributed by atoms with van der Waals surface area (Å²) in [5.41, 5.74) is 6.49. The highest BCUT2D eigenvalue weighted by atomic mass is 19.1. The van der Waals surface area contributed by atoms with E-state index in [1.165, 1.54) is 29.5 Å². The number of aromatic nitrogens is 3. The summed E-state index contributed by atoms with van der Waals surface area (Å²) in [5.74, 6) is -0.516. The lowest BCUT2D eigenvalue weighted by atomic mass is 10.0. The van der Waals surface area contributed by atoms with Gasteiger partial charge in [0.25, 0.3) is 0 Å². The molecular formula is C14H18FN5O. The number of halogens is 1. The van der Waals surface area contributed by atoms with Crippen molar-refractivity contribution in [2.45, 2.75) is 26.3 Å². The van der Waals surface area contributed by atoms with E-state index < -0.39 is 5.82 Å². The first-order valence-corrected chi connectivity index (χ1v) is 6.67. The van der Waals surface area contributed by atoms with Gasteiger partial charge >= 0.3 is 0 Å². The van der Waals surface area contributed by atoms with Crippen molar-refractivity contribution in [2.75, 3.05) is 5.32 Å². The fourth-order valence-corrected chi connectivity index (χ4v) is 1.76. The summed E-state index contributed by atoms with van der Waals surface area (Å²) >= 11 is 0. The minimum absolute atomic E-state index is 0.199. The van der Waals surface area contributed by atoms with Crippen molar-refractivity contribution in [3.8, 4) is 5.69 Å². The molecule has 0 bridgehead atoms. The van der Waals surface area contributed by atoms with Crippen LogP contribution in [0.1, 0.15) is 20.3 Å². The van der Waals surface area contributed by atoms with Crippen LogP contribution >= 0.6 is 0 Å². The monoisotopic (exact) mass is 291 g/mol. The molecule has 1 aromatic carbocycles. The molecule has 0 aliphatic rings. The van der Waals surface area contributed by atoms with Gasteiger partial charge in [-0.05, 0) is 24.1 Å². The second kappa shape index (κ2) is 6.45. The van der Waals surface area contributed by atoms with Crippen LogP contribution in [0.5, 0.6) is 0 Å². The lowest BCUT2D eigenvalue weighted by Gasteiger charge is -2.15. The smallest absolute Gasteiger partial charge is 0.225 e. The maximum absolute atomic E-state index is 14.0. The lowest BCUT2D eigenvalue weighted by Crippen LogP contribution is -2.31. The average molecular weight is 291 g/mol. The zero-order valence-corrected chi connectivity index (χ0v) is 12.0. The molecule has 7 heteroatoms. The Kier molecular flexibility index (Phi) is 4.64. The predicted molar refractivity (Wildman–Crippen MR) is 77.4 cm³/mol. The van der Waals surface area contributed by atoms with E-state index in [1.54, 1.807) is 6.07 Å². The van der Waals surface area contributed by atoms with E-state index in [0.717, 1.165) is 0 Å². The molecule has 1 amide bonds. The van der Waals surface area contributed by atoms with E-state index in [2.05, 4.69) is 15.4 Å². The average Bonchev–Trinajstić information content (AvgIpc) is 2.92. The number of amides is 1. The first-order valence-electron chi connectivity index (χ1n) is 6.67. The Morgan fingerprint density at radius 1 is 1.48 bits per heavy atom. The van der Waals surface area contributed by atoms with Gasteiger partial charge in [-0.3, -0.25) is 4.79 Å². The van der Waals surface area contributed by atoms with Gasteiger partial charge in [0.15, 0.2) is 5.82 Å². The highest BCUT2D eigenvalue weighted by Gasteiger charge is 2.14. The molecule has 0 fully saturated rings. The van der Waals surface area contributed by atoms with Gasteiger partial charge in [-0.1, -0.05) is 13.8 Å². The molecule has 0 aliphatic heterocycles. The van der Waals surface area contributed by atoms with Gasteiger partial charge in [-0.15, -0.1) is 0 Å². The van der Waals surface area contributed by atoms with Crippen molar-refractivity contribution in [1.29, 1.82) is 0 Å². The molecule has 1 aromatic heterocycles. The number of anilines is 1. The standard InChI is InChI=1S/C14H18FN5O/c1-9(2)12(16)6-14(21)19-10-3-4-13(11(15)5-10)20-8-17-7-18-20/h3-5,7-9,12H,6,16H2,1-2H3,(H,19,21). The topological polar surface area (TPSA) is 85.8 Å². The van der Waals surface area contributed by atoms with Crippen molar-refractivity contribution < 1.29 is 9.18 Å². The van der Waals surface area contributed by atoms with Crippen LogP contribution in [0.15, 0.2) is 30.9 Å². The summed E-state index contributed by atoms with van der Waals surface area (Å²) in [6, 6.07) is 4.17. The van der Waals surface area contributed by atoms with E-state index in [9.17, 15) is 9.18 Å². The third kappa shape index (κ3) is 3.85. The van der Waals surface area contributed by atoms with Crippen molar-refractivity contribution in [1.82, 2.24) is 14.8 Å². The molecule has 2 rings (SSSR count). The fraction of sp³-hybridized carbons (Fsp3) is 0.357. The Bertz CT molecular complexity index is 612. The zero-order valence-electron chi connectivity index (χ0n) is 12.0. The van der Waals surface area contributed by atoms with E-state index in [1.807, 2.05) is 13.8 Å². The van der Waals surface area contributed by atoms with Crippen molar-refractivity contribution in [3.63, 3.8) is 0 Å². The largest absolute Gasteiger partial charge is 0.327 e. The first kappa shape index (κ1) is 15.1. The Labute approximate surface area is 122 Å². The van der Waals surface area contributed by atoms with Gasteiger partial charge < -0.3 is 11.1 Å². The molecule has 0 saturated carbocycles. The number of nitrogens with two attached hydrogens (primary N) is 1. The molecule has 0 aliphatic carbocycles. The molecule has 1 atom stereocenters. The van der Waals surface area contributed by atoms with Crippen LogP contribution in [0.25, 0.3) is 5.69 Å². The maximum Gasteiger partial charge on any atom is 0.225 e. The summed E-state index contributed by atoms with van der Waals surface area (Å²) in [7, 11) is 0. The first-order chi connectivity index (χ1) is 9.97. The van der Waals surface area contributed by atoms with Crippen LogP contribution in [-0.2, 0) is 4.79 Å². The Balaban J connectivity index is 2.05. The summed E-state index contributed by atoms with van der Waals surface area (Å²) in [4.78, 5) is 15.6. The normalized spacial score (nSPS) is 12.4. The third-order valence-electron chi connectivity index (χ3n) is 3.17. The van der Waals surface area contributed by atoms with Gasteiger partial charge in [0.2, 0.25) is 5.91 Å². The molecule has 2 aromatic rings. The molecule has 3 N–H and O–H groups in total. The van der Waals surface area contributed by atoms with Crippen molar-refractivity contribution >= 4 is 11.6 Å².